The lowest BCUT2D eigenvalue weighted by Crippen LogP contribution is -2.10. The molecule has 9 nitrogen and oxygen atoms in total. The summed E-state index contributed by atoms with van der Waals surface area (Å²) in [5, 5.41) is 20.7. The third-order valence-electron chi connectivity index (χ3n) is 3.15. The van der Waals surface area contributed by atoms with Crippen molar-refractivity contribution in [1.29, 1.82) is 0 Å². The van der Waals surface area contributed by atoms with Gasteiger partial charge in [-0.05, 0) is 30.7 Å². The number of nitro groups is 1. The number of anilines is 1. The third-order valence-corrected chi connectivity index (χ3v) is 4.07. The van der Waals surface area contributed by atoms with Crippen molar-refractivity contribution in [2.24, 2.45) is 0 Å². The van der Waals surface area contributed by atoms with E-state index >= 15 is 0 Å². The fourth-order valence-electron chi connectivity index (χ4n) is 1.96. The first-order valence-corrected chi connectivity index (χ1v) is 8.16. The van der Waals surface area contributed by atoms with Gasteiger partial charge in [0.25, 0.3) is 5.91 Å². The first-order valence-electron chi connectivity index (χ1n) is 7.17. The Labute approximate surface area is 146 Å². The maximum atomic E-state index is 12.0. The van der Waals surface area contributed by atoms with Gasteiger partial charge in [0, 0.05) is 11.4 Å². The number of nitrogens with one attached hydrogen (secondary N) is 2. The lowest BCUT2D eigenvalue weighted by atomic mass is 10.2. The molecule has 0 aliphatic heterocycles. The first kappa shape index (κ1) is 16.7. The van der Waals surface area contributed by atoms with Gasteiger partial charge in [0.15, 0.2) is 5.76 Å². The largest absolute Gasteiger partial charge is 0.433 e. The van der Waals surface area contributed by atoms with Gasteiger partial charge < -0.3 is 9.73 Å². The third kappa shape index (κ3) is 4.23. The van der Waals surface area contributed by atoms with Gasteiger partial charge in [-0.3, -0.25) is 20.0 Å². The van der Waals surface area contributed by atoms with Gasteiger partial charge >= 0.3 is 5.88 Å². The number of aromatic amines is 1. The number of rotatable bonds is 6. The van der Waals surface area contributed by atoms with Gasteiger partial charge in [0.2, 0.25) is 5.16 Å². The molecule has 0 unspecified atom stereocenters. The molecule has 0 bridgehead atoms. The second kappa shape index (κ2) is 7.18. The number of nitrogens with zero attached hydrogens (tertiary/aromatic N) is 3. The molecule has 128 valence electrons. The molecular weight excluding hydrogens is 346 g/mol. The summed E-state index contributed by atoms with van der Waals surface area (Å²) >= 11 is 1.50. The highest BCUT2D eigenvalue weighted by molar-refractivity contribution is 7.98. The average molecular weight is 359 g/mol. The fourth-order valence-corrected chi connectivity index (χ4v) is 2.76. The Balaban J connectivity index is 1.58. The van der Waals surface area contributed by atoms with Crippen molar-refractivity contribution in [2.75, 3.05) is 5.32 Å². The molecule has 0 saturated heterocycles. The van der Waals surface area contributed by atoms with E-state index in [1.807, 2.05) is 19.1 Å². The van der Waals surface area contributed by atoms with Crippen LogP contribution >= 0.6 is 11.8 Å². The molecule has 3 rings (SSSR count). The van der Waals surface area contributed by atoms with E-state index in [0.29, 0.717) is 16.6 Å². The second-order valence-corrected chi connectivity index (χ2v) is 5.98. The minimum Gasteiger partial charge on any atom is -0.395 e. The van der Waals surface area contributed by atoms with Crippen molar-refractivity contribution in [2.45, 2.75) is 17.8 Å². The van der Waals surface area contributed by atoms with Crippen molar-refractivity contribution in [3.05, 3.63) is 63.7 Å². The fraction of sp³-hybridized carbons (Fsp3) is 0.133. The van der Waals surface area contributed by atoms with Crippen LogP contribution in [-0.2, 0) is 5.75 Å². The summed E-state index contributed by atoms with van der Waals surface area (Å²) in [5.74, 6) is 0.312. The number of benzene rings is 1. The zero-order chi connectivity index (χ0) is 17.8. The maximum absolute atomic E-state index is 12.0. The number of aromatic nitrogens is 3. The number of carbonyl (C=O) groups is 1. The van der Waals surface area contributed by atoms with E-state index in [0.717, 1.165) is 17.5 Å². The number of hydrogen-bond donors (Lipinski definition) is 2. The predicted octanol–water partition coefficient (Wildman–Crippen LogP) is 3.16. The van der Waals surface area contributed by atoms with E-state index in [1.165, 1.54) is 17.8 Å². The molecule has 0 radical (unpaired) electrons. The van der Waals surface area contributed by atoms with E-state index < -0.39 is 16.7 Å². The number of aryl methyl sites for hydroxylation is 1. The highest BCUT2D eigenvalue weighted by Crippen LogP contribution is 2.21. The average Bonchev–Trinajstić information content (AvgIpc) is 3.23. The molecule has 0 fully saturated rings. The number of hydrogen-bond acceptors (Lipinski definition) is 7. The molecule has 10 heteroatoms. The highest BCUT2D eigenvalue weighted by atomic mass is 32.2. The normalized spacial score (nSPS) is 10.6. The van der Waals surface area contributed by atoms with Crippen molar-refractivity contribution < 1.29 is 14.1 Å². The van der Waals surface area contributed by atoms with Crippen molar-refractivity contribution >= 4 is 29.2 Å². The Bertz CT molecular complexity index is 903. The molecular formula is C15H13N5O4S. The van der Waals surface area contributed by atoms with E-state index in [1.54, 1.807) is 12.1 Å². The quantitative estimate of drug-likeness (QED) is 0.393. The van der Waals surface area contributed by atoms with Crippen LogP contribution in [0.4, 0.5) is 11.6 Å². The van der Waals surface area contributed by atoms with Crippen LogP contribution in [0.5, 0.6) is 0 Å². The van der Waals surface area contributed by atoms with E-state index in [-0.39, 0.29) is 5.76 Å². The first-order chi connectivity index (χ1) is 12.0. The van der Waals surface area contributed by atoms with Crippen molar-refractivity contribution in [3.8, 4) is 0 Å². The van der Waals surface area contributed by atoms with Crippen LogP contribution < -0.4 is 5.32 Å². The van der Waals surface area contributed by atoms with Gasteiger partial charge in [0.1, 0.15) is 10.7 Å². The lowest BCUT2D eigenvalue weighted by Gasteiger charge is -2.04. The maximum Gasteiger partial charge on any atom is 0.433 e. The minimum absolute atomic E-state index is 0.119. The molecule has 2 aromatic heterocycles. The Kier molecular flexibility index (Phi) is 4.80. The van der Waals surface area contributed by atoms with Crippen LogP contribution in [0.3, 0.4) is 0 Å². The zero-order valence-corrected chi connectivity index (χ0v) is 13.9. The van der Waals surface area contributed by atoms with E-state index in [2.05, 4.69) is 20.5 Å². The van der Waals surface area contributed by atoms with Gasteiger partial charge in [0.05, 0.1) is 6.07 Å². The van der Waals surface area contributed by atoms with Crippen LogP contribution in [0.15, 0.2) is 46.0 Å². The molecule has 0 saturated carbocycles. The zero-order valence-electron chi connectivity index (χ0n) is 13.1. The molecule has 1 aromatic carbocycles. The van der Waals surface area contributed by atoms with Crippen LogP contribution in [-0.4, -0.2) is 26.0 Å². The molecule has 2 N–H and O–H groups in total. The van der Waals surface area contributed by atoms with E-state index in [4.69, 9.17) is 4.42 Å². The molecule has 0 aliphatic rings. The Morgan fingerprint density at radius 3 is 2.68 bits per heavy atom. The van der Waals surface area contributed by atoms with Gasteiger partial charge in [-0.2, -0.15) is 0 Å². The number of thioether (sulfide) groups is 1. The van der Waals surface area contributed by atoms with Crippen LogP contribution in [0.1, 0.15) is 21.9 Å². The van der Waals surface area contributed by atoms with Gasteiger partial charge in [-0.15, -0.1) is 5.10 Å². The molecule has 0 aliphatic carbocycles. The second-order valence-electron chi connectivity index (χ2n) is 5.04. The molecule has 1 amide bonds. The van der Waals surface area contributed by atoms with Gasteiger partial charge in [-0.1, -0.05) is 23.9 Å². The van der Waals surface area contributed by atoms with Crippen molar-refractivity contribution in [3.63, 3.8) is 0 Å². The number of H-pyrrole nitrogens is 1. The SMILES string of the molecule is Cc1nc(SCc2ccc(NC(=O)c3ccc([N+](=O)[O-])o3)cc2)n[nH]1. The molecule has 0 atom stereocenters. The molecule has 25 heavy (non-hydrogen) atoms. The smallest absolute Gasteiger partial charge is 0.395 e. The standard InChI is InChI=1S/C15H13N5O4S/c1-9-16-15(19-18-9)25-8-10-2-4-11(5-3-10)17-14(21)12-6-7-13(24-12)20(22)23/h2-7H,8H2,1H3,(H,17,21)(H,16,18,19). The number of carbonyl (C=O) groups excluding carboxylic acids is 1. The summed E-state index contributed by atoms with van der Waals surface area (Å²) in [4.78, 5) is 26.1. The highest BCUT2D eigenvalue weighted by Gasteiger charge is 2.17. The Morgan fingerprint density at radius 2 is 2.08 bits per heavy atom. The summed E-state index contributed by atoms with van der Waals surface area (Å²) in [6.45, 7) is 1.84. The number of furan rings is 1. The molecule has 3 aromatic rings. The predicted molar refractivity (Wildman–Crippen MR) is 90.4 cm³/mol. The molecule has 0 spiro atoms. The summed E-state index contributed by atoms with van der Waals surface area (Å²) in [6, 6.07) is 9.62. The summed E-state index contributed by atoms with van der Waals surface area (Å²) in [7, 11) is 0. The summed E-state index contributed by atoms with van der Waals surface area (Å²) in [6.07, 6.45) is 0. The number of amides is 1. The van der Waals surface area contributed by atoms with Crippen LogP contribution in [0.2, 0.25) is 0 Å². The lowest BCUT2D eigenvalue weighted by molar-refractivity contribution is -0.402. The molecule has 2 heterocycles. The van der Waals surface area contributed by atoms with Crippen LogP contribution in [0.25, 0.3) is 0 Å². The Morgan fingerprint density at radius 1 is 1.32 bits per heavy atom. The minimum atomic E-state index is -0.695. The van der Waals surface area contributed by atoms with Crippen molar-refractivity contribution in [1.82, 2.24) is 15.2 Å². The van der Waals surface area contributed by atoms with Crippen LogP contribution in [0, 0.1) is 17.0 Å². The van der Waals surface area contributed by atoms with Gasteiger partial charge in [-0.25, -0.2) is 4.98 Å². The monoisotopic (exact) mass is 359 g/mol. The summed E-state index contributed by atoms with van der Waals surface area (Å²) < 4.78 is 4.86. The van der Waals surface area contributed by atoms with E-state index in [9.17, 15) is 14.9 Å². The Hall–Kier alpha value is -3.14. The topological polar surface area (TPSA) is 127 Å². The summed E-state index contributed by atoms with van der Waals surface area (Å²) in [5.41, 5.74) is 1.60.